The second-order valence-electron chi connectivity index (χ2n) is 6.81. The van der Waals surface area contributed by atoms with Crippen LogP contribution in [0.2, 0.25) is 0 Å². The predicted molar refractivity (Wildman–Crippen MR) is 122 cm³/mol. The van der Waals surface area contributed by atoms with Crippen molar-refractivity contribution in [2.45, 2.75) is 6.54 Å². The third kappa shape index (κ3) is 5.32. The van der Waals surface area contributed by atoms with E-state index in [-0.39, 0.29) is 11.7 Å². The monoisotopic (exact) mass is 476 g/mol. The number of hydrogen-bond donors (Lipinski definition) is 2. The summed E-state index contributed by atoms with van der Waals surface area (Å²) in [4.78, 5) is 12.5. The van der Waals surface area contributed by atoms with Gasteiger partial charge >= 0.3 is 0 Å². The van der Waals surface area contributed by atoms with Crippen LogP contribution in [0.4, 0.5) is 15.9 Å². The van der Waals surface area contributed by atoms with Crippen LogP contribution in [0.15, 0.2) is 89.4 Å². The number of halogens is 2. The van der Waals surface area contributed by atoms with Gasteiger partial charge < -0.3 is 10.6 Å². The van der Waals surface area contributed by atoms with Crippen molar-refractivity contribution in [3.63, 3.8) is 0 Å². The lowest BCUT2D eigenvalue weighted by atomic mass is 10.1. The first kappa shape index (κ1) is 20.7. The molecule has 0 atom stereocenters. The van der Waals surface area contributed by atoms with E-state index in [0.29, 0.717) is 22.4 Å². The highest BCUT2D eigenvalue weighted by molar-refractivity contribution is 9.10. The van der Waals surface area contributed by atoms with Crippen LogP contribution >= 0.6 is 15.9 Å². The molecule has 7 heteroatoms. The van der Waals surface area contributed by atoms with Crippen LogP contribution in [-0.4, -0.2) is 16.1 Å². The van der Waals surface area contributed by atoms with Gasteiger partial charge in [-0.3, -0.25) is 4.79 Å². The molecule has 0 spiro atoms. The van der Waals surface area contributed by atoms with Gasteiger partial charge in [0.1, 0.15) is 5.82 Å². The molecule has 1 amide bonds. The molecule has 0 aliphatic heterocycles. The molecule has 154 valence electrons. The van der Waals surface area contributed by atoms with E-state index in [1.54, 1.807) is 30.3 Å². The maximum atomic E-state index is 13.3. The van der Waals surface area contributed by atoms with Crippen LogP contribution in [0.5, 0.6) is 0 Å². The van der Waals surface area contributed by atoms with Crippen LogP contribution in [0, 0.1) is 5.82 Å². The minimum absolute atomic E-state index is 0.227. The van der Waals surface area contributed by atoms with Crippen LogP contribution in [0.1, 0.15) is 15.9 Å². The minimum atomic E-state index is -0.339. The van der Waals surface area contributed by atoms with Gasteiger partial charge in [0, 0.05) is 23.4 Å². The molecule has 2 N–H and O–H groups in total. The summed E-state index contributed by atoms with van der Waals surface area (Å²) in [5.74, 6) is 0.0109. The zero-order chi connectivity index (χ0) is 21.6. The van der Waals surface area contributed by atoms with Gasteiger partial charge in [0.2, 0.25) is 0 Å². The number of anilines is 2. The molecular weight excluding hydrogens is 459 g/mol. The Bertz CT molecular complexity index is 1200. The van der Waals surface area contributed by atoms with Gasteiger partial charge in [0.05, 0.1) is 10.2 Å². The molecule has 0 aliphatic rings. The molecule has 4 rings (SSSR count). The molecule has 3 aromatic carbocycles. The molecule has 0 saturated carbocycles. The summed E-state index contributed by atoms with van der Waals surface area (Å²) in [6, 6.07) is 25.3. The van der Waals surface area contributed by atoms with Crippen molar-refractivity contribution < 1.29 is 9.18 Å². The van der Waals surface area contributed by atoms with Crippen molar-refractivity contribution in [3.05, 3.63) is 106 Å². The molecule has 5 nitrogen and oxygen atoms in total. The van der Waals surface area contributed by atoms with Crippen molar-refractivity contribution in [1.29, 1.82) is 0 Å². The Balaban J connectivity index is 1.40. The molecule has 1 aromatic heterocycles. The first-order valence-corrected chi connectivity index (χ1v) is 10.4. The van der Waals surface area contributed by atoms with E-state index in [2.05, 4.69) is 36.8 Å². The number of aromatic nitrogens is 2. The fourth-order valence-corrected chi connectivity index (χ4v) is 3.41. The Hall–Kier alpha value is -3.58. The highest BCUT2D eigenvalue weighted by Gasteiger charge is 2.08. The molecule has 0 bridgehead atoms. The van der Waals surface area contributed by atoms with E-state index < -0.39 is 0 Å². The number of nitrogens with one attached hydrogen (secondary N) is 2. The summed E-state index contributed by atoms with van der Waals surface area (Å²) in [5, 5.41) is 14.5. The first-order valence-electron chi connectivity index (χ1n) is 9.57. The van der Waals surface area contributed by atoms with Crippen molar-refractivity contribution in [1.82, 2.24) is 15.5 Å². The SMILES string of the molecule is O=C(NCc1ccc(F)c(Br)c1)c1cccc(Nc2ccc(-c3ccccc3)nn2)c1. The molecule has 1 heterocycles. The Labute approximate surface area is 187 Å². The highest BCUT2D eigenvalue weighted by atomic mass is 79.9. The Morgan fingerprint density at radius 2 is 1.74 bits per heavy atom. The van der Waals surface area contributed by atoms with Crippen molar-refractivity contribution in [3.8, 4) is 11.3 Å². The lowest BCUT2D eigenvalue weighted by molar-refractivity contribution is 0.0951. The Morgan fingerprint density at radius 3 is 2.48 bits per heavy atom. The second-order valence-corrected chi connectivity index (χ2v) is 7.66. The molecule has 4 aromatic rings. The summed E-state index contributed by atoms with van der Waals surface area (Å²) >= 11 is 3.15. The normalized spacial score (nSPS) is 10.5. The van der Waals surface area contributed by atoms with Crippen LogP contribution in [0.3, 0.4) is 0 Å². The van der Waals surface area contributed by atoms with E-state index >= 15 is 0 Å². The fraction of sp³-hybridized carbons (Fsp3) is 0.0417. The van der Waals surface area contributed by atoms with Crippen molar-refractivity contribution >= 4 is 33.3 Å². The average Bonchev–Trinajstić information content (AvgIpc) is 2.81. The maximum Gasteiger partial charge on any atom is 0.251 e. The summed E-state index contributed by atoms with van der Waals surface area (Å²) in [6.45, 7) is 0.293. The highest BCUT2D eigenvalue weighted by Crippen LogP contribution is 2.20. The quantitative estimate of drug-likeness (QED) is 0.373. The summed E-state index contributed by atoms with van der Waals surface area (Å²) < 4.78 is 13.7. The molecular formula is C24H18BrFN4O. The summed E-state index contributed by atoms with van der Waals surface area (Å²) in [5.41, 5.74) is 3.80. The maximum absolute atomic E-state index is 13.3. The second kappa shape index (κ2) is 9.49. The third-order valence-corrected chi connectivity index (χ3v) is 5.18. The van der Waals surface area contributed by atoms with E-state index in [9.17, 15) is 9.18 Å². The first-order chi connectivity index (χ1) is 15.1. The topological polar surface area (TPSA) is 66.9 Å². The van der Waals surface area contributed by atoms with Crippen LogP contribution in [0.25, 0.3) is 11.3 Å². The number of nitrogens with zero attached hydrogens (tertiary/aromatic N) is 2. The van der Waals surface area contributed by atoms with Gasteiger partial charge in [-0.05, 0) is 64.0 Å². The molecule has 0 radical (unpaired) electrons. The minimum Gasteiger partial charge on any atom is -0.348 e. The standard InChI is InChI=1S/C24H18BrFN4O/c25-20-13-16(9-10-21(20)26)15-27-24(31)18-7-4-8-19(14-18)28-23-12-11-22(29-30-23)17-5-2-1-3-6-17/h1-14H,15H2,(H,27,31)(H,28,30). The van der Waals surface area contributed by atoms with Gasteiger partial charge in [-0.15, -0.1) is 10.2 Å². The average molecular weight is 477 g/mol. The van der Waals surface area contributed by atoms with Gasteiger partial charge in [-0.1, -0.05) is 42.5 Å². The van der Waals surface area contributed by atoms with Gasteiger partial charge in [0.25, 0.3) is 5.91 Å². The van der Waals surface area contributed by atoms with E-state index in [1.807, 2.05) is 48.5 Å². The van der Waals surface area contributed by atoms with E-state index in [1.165, 1.54) is 6.07 Å². The molecule has 0 fully saturated rings. The lowest BCUT2D eigenvalue weighted by Crippen LogP contribution is -2.22. The molecule has 31 heavy (non-hydrogen) atoms. The fourth-order valence-electron chi connectivity index (χ4n) is 2.98. The number of benzene rings is 3. The summed E-state index contributed by atoms with van der Waals surface area (Å²) in [6.07, 6.45) is 0. The van der Waals surface area contributed by atoms with Gasteiger partial charge in [-0.25, -0.2) is 4.39 Å². The van der Waals surface area contributed by atoms with Crippen molar-refractivity contribution in [2.75, 3.05) is 5.32 Å². The van der Waals surface area contributed by atoms with Gasteiger partial charge in [-0.2, -0.15) is 0 Å². The molecule has 0 aliphatic carbocycles. The number of amides is 1. The van der Waals surface area contributed by atoms with Gasteiger partial charge in [0.15, 0.2) is 5.82 Å². The smallest absolute Gasteiger partial charge is 0.251 e. The van der Waals surface area contributed by atoms with E-state index in [4.69, 9.17) is 0 Å². The molecule has 0 saturated heterocycles. The predicted octanol–water partition coefficient (Wildman–Crippen LogP) is 5.72. The molecule has 0 unspecified atom stereocenters. The largest absolute Gasteiger partial charge is 0.348 e. The number of carbonyl (C=O) groups is 1. The lowest BCUT2D eigenvalue weighted by Gasteiger charge is -2.09. The van der Waals surface area contributed by atoms with E-state index in [0.717, 1.165) is 22.5 Å². The van der Waals surface area contributed by atoms with Crippen LogP contribution in [-0.2, 0) is 6.54 Å². The zero-order valence-corrected chi connectivity index (χ0v) is 17.9. The zero-order valence-electron chi connectivity index (χ0n) is 16.3. The number of carbonyl (C=O) groups excluding carboxylic acids is 1. The van der Waals surface area contributed by atoms with Crippen LogP contribution < -0.4 is 10.6 Å². The number of rotatable bonds is 6. The Kier molecular flexibility index (Phi) is 6.33. The summed E-state index contributed by atoms with van der Waals surface area (Å²) in [7, 11) is 0. The Morgan fingerprint density at radius 1 is 0.903 bits per heavy atom. The van der Waals surface area contributed by atoms with Crippen molar-refractivity contribution in [2.24, 2.45) is 0 Å². The number of hydrogen-bond acceptors (Lipinski definition) is 4. The third-order valence-electron chi connectivity index (χ3n) is 4.57.